The monoisotopic (exact) mass is 405 g/mol. The summed E-state index contributed by atoms with van der Waals surface area (Å²) in [6, 6.07) is 14.3. The van der Waals surface area contributed by atoms with Gasteiger partial charge in [-0.2, -0.15) is 0 Å². The second-order valence-electron chi connectivity index (χ2n) is 7.29. The van der Waals surface area contributed by atoms with Crippen molar-refractivity contribution in [3.05, 3.63) is 42.5 Å². The van der Waals surface area contributed by atoms with E-state index in [1.165, 1.54) is 17.1 Å². The Labute approximate surface area is 165 Å². The van der Waals surface area contributed by atoms with Gasteiger partial charge in [-0.15, -0.1) is 0 Å². The lowest BCUT2D eigenvalue weighted by Gasteiger charge is -2.29. The molecule has 4 nitrogen and oxygen atoms in total. The molecule has 1 aliphatic carbocycles. The Hall–Kier alpha value is -1.42. The third-order valence-corrected chi connectivity index (χ3v) is 8.51. The third kappa shape index (κ3) is 5.54. The molecule has 3 unspecified atom stereocenters. The van der Waals surface area contributed by atoms with Gasteiger partial charge in [-0.05, 0) is 41.7 Å². The number of rotatable bonds is 8. The molecule has 0 aromatic heterocycles. The summed E-state index contributed by atoms with van der Waals surface area (Å²) in [7, 11) is -1.58. The average molecular weight is 405 g/mol. The van der Waals surface area contributed by atoms with Crippen LogP contribution < -0.4 is 0 Å². The van der Waals surface area contributed by atoms with E-state index in [-0.39, 0.29) is 12.1 Å². The summed E-state index contributed by atoms with van der Waals surface area (Å²) in [6.45, 7) is 0. The van der Waals surface area contributed by atoms with E-state index >= 15 is 0 Å². The van der Waals surface area contributed by atoms with Gasteiger partial charge in [-0.1, -0.05) is 65.9 Å². The van der Waals surface area contributed by atoms with E-state index in [0.29, 0.717) is 5.49 Å². The molecule has 2 aromatic carbocycles. The third-order valence-electron chi connectivity index (χ3n) is 5.42. The Morgan fingerprint density at radius 1 is 1.11 bits per heavy atom. The predicted octanol–water partition coefficient (Wildman–Crippen LogP) is 5.36. The summed E-state index contributed by atoms with van der Waals surface area (Å²) in [5.74, 6) is -1.45. The Morgan fingerprint density at radius 3 is 2.52 bits per heavy atom. The molecule has 27 heavy (non-hydrogen) atoms. The highest BCUT2D eigenvalue weighted by Crippen LogP contribution is 2.40. The van der Waals surface area contributed by atoms with Gasteiger partial charge in [0.15, 0.2) is 17.8 Å². The van der Waals surface area contributed by atoms with E-state index in [1.807, 2.05) is 18.2 Å². The van der Waals surface area contributed by atoms with Gasteiger partial charge in [-0.3, -0.25) is 0 Å². The van der Waals surface area contributed by atoms with Crippen LogP contribution in [-0.2, 0) is 9.36 Å². The minimum absolute atomic E-state index is 0.162. The lowest BCUT2D eigenvalue weighted by molar-refractivity contribution is -0.150. The fourth-order valence-electron chi connectivity index (χ4n) is 3.94. The molecular weight excluding hydrogens is 379 g/mol. The van der Waals surface area contributed by atoms with Gasteiger partial charge in [0.2, 0.25) is 0 Å². The molecule has 1 fully saturated rings. The number of aliphatic carboxylic acids is 1. The van der Waals surface area contributed by atoms with Crippen LogP contribution in [0.1, 0.15) is 32.1 Å². The molecule has 1 saturated carbocycles. The molecule has 6 heteroatoms. The molecule has 0 amide bonds. The van der Waals surface area contributed by atoms with Crippen LogP contribution in [0.25, 0.3) is 10.8 Å². The van der Waals surface area contributed by atoms with Gasteiger partial charge < -0.3 is 10.2 Å². The van der Waals surface area contributed by atoms with Gasteiger partial charge >= 0.3 is 13.8 Å². The first-order valence-corrected chi connectivity index (χ1v) is 12.1. The number of benzene rings is 2. The van der Waals surface area contributed by atoms with E-state index in [1.54, 1.807) is 0 Å². The van der Waals surface area contributed by atoms with E-state index in [2.05, 4.69) is 24.3 Å². The topological polar surface area (TPSA) is 74.6 Å². The molecule has 0 bridgehead atoms. The van der Waals surface area contributed by atoms with Crippen molar-refractivity contribution in [3.8, 4) is 0 Å². The van der Waals surface area contributed by atoms with Gasteiger partial charge in [0, 0.05) is 10.8 Å². The minimum atomic E-state index is -1.58. The molecular formula is C21H26O4PS+. The first kappa shape index (κ1) is 20.3. The van der Waals surface area contributed by atoms with Crippen molar-refractivity contribution in [2.45, 2.75) is 43.1 Å². The zero-order chi connectivity index (χ0) is 19.2. The van der Waals surface area contributed by atoms with Gasteiger partial charge in [-0.25, -0.2) is 4.79 Å². The van der Waals surface area contributed by atoms with Crippen LogP contribution in [0.2, 0.25) is 0 Å². The van der Waals surface area contributed by atoms with Crippen LogP contribution in [-0.4, -0.2) is 33.9 Å². The van der Waals surface area contributed by atoms with Crippen LogP contribution in [0.15, 0.2) is 47.4 Å². The summed E-state index contributed by atoms with van der Waals surface area (Å²) >= 11 is 1.54. The van der Waals surface area contributed by atoms with E-state index in [0.717, 1.165) is 42.4 Å². The number of aliphatic hydroxyl groups excluding tert-OH is 1. The number of hydrogen-bond acceptors (Lipinski definition) is 4. The fourth-order valence-corrected chi connectivity index (χ4v) is 6.88. The first-order chi connectivity index (χ1) is 13.0. The maximum absolute atomic E-state index is 12.7. The molecule has 3 rings (SSSR count). The SMILES string of the molecule is O=C(O)C(O)C(C[P+](=O)CSc1ccc2ccccc2c1)C1CCCCC1. The van der Waals surface area contributed by atoms with Crippen LogP contribution in [0.3, 0.4) is 0 Å². The quantitative estimate of drug-likeness (QED) is 0.457. The molecule has 0 aliphatic heterocycles. The number of carbonyl (C=O) groups is 1. The molecule has 3 atom stereocenters. The molecule has 0 heterocycles. The lowest BCUT2D eigenvalue weighted by Crippen LogP contribution is -2.37. The molecule has 0 saturated heterocycles. The molecule has 144 valence electrons. The van der Waals surface area contributed by atoms with Crippen molar-refractivity contribution >= 4 is 36.3 Å². The Kier molecular flexibility index (Phi) is 7.28. The predicted molar refractivity (Wildman–Crippen MR) is 111 cm³/mol. The number of aliphatic hydroxyl groups is 1. The van der Waals surface area contributed by atoms with Crippen molar-refractivity contribution in [3.63, 3.8) is 0 Å². The van der Waals surface area contributed by atoms with Crippen LogP contribution in [0.4, 0.5) is 0 Å². The second-order valence-corrected chi connectivity index (χ2v) is 10.4. The summed E-state index contributed by atoms with van der Waals surface area (Å²) < 4.78 is 12.7. The maximum Gasteiger partial charge on any atom is 0.350 e. The zero-order valence-electron chi connectivity index (χ0n) is 15.3. The molecule has 0 radical (unpaired) electrons. The Bertz CT molecular complexity index is 804. The van der Waals surface area contributed by atoms with Crippen molar-refractivity contribution in [1.82, 2.24) is 0 Å². The number of hydrogen-bond donors (Lipinski definition) is 2. The molecule has 1 aliphatic rings. The summed E-state index contributed by atoms with van der Waals surface area (Å²) in [6.07, 6.45) is 4.01. The number of thioether (sulfide) groups is 1. The standard InChI is InChI=1S/C21H25O4PS/c22-20(21(23)24)19(16-7-2-1-3-8-16)13-26(25)14-27-18-11-10-15-6-4-5-9-17(15)12-18/h4-6,9-12,16,19-20,22H,1-3,7-8,13-14H2/p+1. The normalized spacial score (nSPS) is 18.2. The molecule has 2 N–H and O–H groups in total. The number of carboxylic acid groups (broad SMARTS) is 1. The Balaban J connectivity index is 1.61. The second kappa shape index (κ2) is 9.68. The average Bonchev–Trinajstić information content (AvgIpc) is 2.70. The number of carboxylic acids is 1. The minimum Gasteiger partial charge on any atom is -0.479 e. The highest BCUT2D eigenvalue weighted by molar-refractivity contribution is 8.03. The first-order valence-electron chi connectivity index (χ1n) is 9.49. The van der Waals surface area contributed by atoms with E-state index in [4.69, 9.17) is 0 Å². The van der Waals surface area contributed by atoms with Crippen molar-refractivity contribution in [2.75, 3.05) is 11.7 Å². The lowest BCUT2D eigenvalue weighted by atomic mass is 9.78. The summed E-state index contributed by atoms with van der Waals surface area (Å²) in [4.78, 5) is 12.4. The highest BCUT2D eigenvalue weighted by Gasteiger charge is 2.38. The Morgan fingerprint density at radius 2 is 1.81 bits per heavy atom. The van der Waals surface area contributed by atoms with Crippen molar-refractivity contribution in [1.29, 1.82) is 0 Å². The van der Waals surface area contributed by atoms with Gasteiger partial charge in [0.05, 0.1) is 0 Å². The largest absolute Gasteiger partial charge is 0.479 e. The smallest absolute Gasteiger partial charge is 0.350 e. The summed E-state index contributed by atoms with van der Waals surface area (Å²) in [5, 5.41) is 21.7. The zero-order valence-corrected chi connectivity index (χ0v) is 17.0. The highest BCUT2D eigenvalue weighted by atomic mass is 32.2. The van der Waals surface area contributed by atoms with Crippen LogP contribution >= 0.6 is 19.6 Å². The fraction of sp³-hybridized carbons (Fsp3) is 0.476. The van der Waals surface area contributed by atoms with Crippen molar-refractivity contribution < 1.29 is 19.6 Å². The van der Waals surface area contributed by atoms with Crippen LogP contribution in [0.5, 0.6) is 0 Å². The van der Waals surface area contributed by atoms with Crippen molar-refractivity contribution in [2.24, 2.45) is 11.8 Å². The maximum atomic E-state index is 12.7. The van der Waals surface area contributed by atoms with E-state index in [9.17, 15) is 19.6 Å². The number of fused-ring (bicyclic) bond motifs is 1. The van der Waals surface area contributed by atoms with Crippen LogP contribution in [0, 0.1) is 11.8 Å². The van der Waals surface area contributed by atoms with Gasteiger partial charge in [0.25, 0.3) is 0 Å². The summed E-state index contributed by atoms with van der Waals surface area (Å²) in [5.41, 5.74) is 0.448. The molecule has 2 aromatic rings. The van der Waals surface area contributed by atoms with E-state index < -0.39 is 25.8 Å². The van der Waals surface area contributed by atoms with Gasteiger partial charge in [0.1, 0.15) is 0 Å². The molecule has 0 spiro atoms.